The molecule has 0 unspecified atom stereocenters. The molecular formula is C10H12N2O2S. The molecule has 2 aromatic heterocycles. The van der Waals surface area contributed by atoms with E-state index in [-0.39, 0.29) is 6.42 Å². The highest BCUT2D eigenvalue weighted by molar-refractivity contribution is 7.19. The van der Waals surface area contributed by atoms with Crippen LogP contribution in [0.5, 0.6) is 0 Å². The number of hydrogen-bond donors (Lipinski definition) is 2. The molecule has 0 aromatic carbocycles. The van der Waals surface area contributed by atoms with Crippen LogP contribution in [0.15, 0.2) is 6.07 Å². The van der Waals surface area contributed by atoms with Crippen LogP contribution in [0.2, 0.25) is 0 Å². The second kappa shape index (κ2) is 3.66. The van der Waals surface area contributed by atoms with Crippen molar-refractivity contribution in [3.8, 4) is 0 Å². The van der Waals surface area contributed by atoms with Crippen LogP contribution in [-0.2, 0) is 11.2 Å². The lowest BCUT2D eigenvalue weighted by atomic mass is 10.2. The third-order valence-corrected chi connectivity index (χ3v) is 3.70. The van der Waals surface area contributed by atoms with Gasteiger partial charge in [-0.3, -0.25) is 9.89 Å². The Morgan fingerprint density at radius 3 is 3.00 bits per heavy atom. The first-order valence-electron chi connectivity index (χ1n) is 4.76. The number of aromatic nitrogens is 2. The summed E-state index contributed by atoms with van der Waals surface area (Å²) in [5, 5.41) is 15.6. The number of rotatable bonds is 3. The highest BCUT2D eigenvalue weighted by Crippen LogP contribution is 2.31. The van der Waals surface area contributed by atoms with Gasteiger partial charge in [0.1, 0.15) is 5.52 Å². The molecule has 0 spiro atoms. The lowest BCUT2D eigenvalue weighted by Gasteiger charge is -1.97. The molecule has 15 heavy (non-hydrogen) atoms. The molecule has 80 valence electrons. The van der Waals surface area contributed by atoms with Crippen molar-refractivity contribution < 1.29 is 9.90 Å². The lowest BCUT2D eigenvalue weighted by Crippen LogP contribution is -2.00. The molecule has 0 aliphatic carbocycles. The van der Waals surface area contributed by atoms with Gasteiger partial charge in [0.15, 0.2) is 0 Å². The minimum Gasteiger partial charge on any atom is -0.481 e. The molecule has 0 saturated heterocycles. The van der Waals surface area contributed by atoms with Crippen LogP contribution in [0.4, 0.5) is 0 Å². The standard InChI is InChI=1S/C10H12N2O2S/c1-5(2)8-3-6-10(15-8)7(12-11-6)4-9(13)14/h3,5H,4H2,1-2H3,(H,11,12)(H,13,14). The summed E-state index contributed by atoms with van der Waals surface area (Å²) >= 11 is 1.62. The van der Waals surface area contributed by atoms with E-state index in [1.807, 2.05) is 6.07 Å². The fraction of sp³-hybridized carbons (Fsp3) is 0.400. The van der Waals surface area contributed by atoms with E-state index in [2.05, 4.69) is 24.0 Å². The minimum absolute atomic E-state index is 0.00848. The Morgan fingerprint density at radius 1 is 1.67 bits per heavy atom. The van der Waals surface area contributed by atoms with Crippen LogP contribution in [0.3, 0.4) is 0 Å². The first kappa shape index (κ1) is 10.2. The molecule has 0 saturated carbocycles. The first-order chi connectivity index (χ1) is 7.08. The normalized spacial score (nSPS) is 11.4. The number of H-pyrrole nitrogens is 1. The van der Waals surface area contributed by atoms with E-state index < -0.39 is 5.97 Å². The summed E-state index contributed by atoms with van der Waals surface area (Å²) in [6.07, 6.45) is 0.00848. The third kappa shape index (κ3) is 1.87. The maximum atomic E-state index is 10.6. The Labute approximate surface area is 90.9 Å². The Hall–Kier alpha value is -1.36. The number of carbonyl (C=O) groups is 1. The summed E-state index contributed by atoms with van der Waals surface area (Å²) in [4.78, 5) is 11.9. The second-order valence-corrected chi connectivity index (χ2v) is 4.87. The maximum Gasteiger partial charge on any atom is 0.309 e. The maximum absolute atomic E-state index is 10.6. The van der Waals surface area contributed by atoms with Crippen LogP contribution in [0.25, 0.3) is 10.2 Å². The van der Waals surface area contributed by atoms with Crippen molar-refractivity contribution in [1.82, 2.24) is 10.2 Å². The number of fused-ring (bicyclic) bond motifs is 1. The zero-order valence-corrected chi connectivity index (χ0v) is 9.39. The molecule has 2 rings (SSSR count). The number of thiophene rings is 1. The number of aliphatic carboxylic acids is 1. The summed E-state index contributed by atoms with van der Waals surface area (Å²) in [7, 11) is 0. The van der Waals surface area contributed by atoms with Crippen molar-refractivity contribution in [1.29, 1.82) is 0 Å². The first-order valence-corrected chi connectivity index (χ1v) is 5.58. The van der Waals surface area contributed by atoms with Gasteiger partial charge in [-0.2, -0.15) is 5.10 Å². The largest absolute Gasteiger partial charge is 0.481 e. The predicted octanol–water partition coefficient (Wildman–Crippen LogP) is 2.37. The Balaban J connectivity index is 2.44. The van der Waals surface area contributed by atoms with Crippen molar-refractivity contribution >= 4 is 27.5 Å². The summed E-state index contributed by atoms with van der Waals surface area (Å²) in [5.74, 6) is -0.373. The third-order valence-electron chi connectivity index (χ3n) is 2.21. The van der Waals surface area contributed by atoms with Crippen molar-refractivity contribution in [2.24, 2.45) is 0 Å². The molecule has 2 N–H and O–H groups in total. The molecule has 0 atom stereocenters. The van der Waals surface area contributed by atoms with E-state index in [0.29, 0.717) is 11.6 Å². The zero-order valence-electron chi connectivity index (χ0n) is 8.57. The summed E-state index contributed by atoms with van der Waals surface area (Å²) < 4.78 is 0.973. The van der Waals surface area contributed by atoms with Gasteiger partial charge in [0.05, 0.1) is 16.8 Å². The molecular weight excluding hydrogens is 212 g/mol. The number of carboxylic acids is 1. The molecule has 2 heterocycles. The van der Waals surface area contributed by atoms with Crippen LogP contribution in [0, 0.1) is 0 Å². The number of nitrogens with one attached hydrogen (secondary N) is 1. The molecule has 0 aliphatic rings. The van der Waals surface area contributed by atoms with Gasteiger partial charge in [-0.05, 0) is 12.0 Å². The van der Waals surface area contributed by atoms with E-state index in [1.165, 1.54) is 4.88 Å². The molecule has 2 aromatic rings. The number of nitrogens with zero attached hydrogens (tertiary/aromatic N) is 1. The summed E-state index contributed by atoms with van der Waals surface area (Å²) in [5.41, 5.74) is 1.58. The van der Waals surface area contributed by atoms with Crippen molar-refractivity contribution in [3.05, 3.63) is 16.6 Å². The molecule has 4 nitrogen and oxygen atoms in total. The van der Waals surface area contributed by atoms with Crippen LogP contribution in [-0.4, -0.2) is 21.3 Å². The van der Waals surface area contributed by atoms with Crippen molar-refractivity contribution in [2.75, 3.05) is 0 Å². The second-order valence-electron chi connectivity index (χ2n) is 3.79. The Kier molecular flexibility index (Phi) is 2.48. The van der Waals surface area contributed by atoms with Gasteiger partial charge >= 0.3 is 5.97 Å². The Bertz CT molecular complexity index is 498. The molecule has 0 fully saturated rings. The summed E-state index contributed by atoms with van der Waals surface area (Å²) in [6, 6.07) is 2.02. The van der Waals surface area contributed by atoms with E-state index >= 15 is 0 Å². The smallest absolute Gasteiger partial charge is 0.309 e. The number of carboxylic acid groups (broad SMARTS) is 1. The molecule has 0 bridgehead atoms. The topological polar surface area (TPSA) is 66.0 Å². The fourth-order valence-electron chi connectivity index (χ4n) is 1.43. The fourth-order valence-corrected chi connectivity index (χ4v) is 2.53. The van der Waals surface area contributed by atoms with Crippen molar-refractivity contribution in [2.45, 2.75) is 26.2 Å². The number of hydrogen-bond acceptors (Lipinski definition) is 3. The molecule has 0 radical (unpaired) electrons. The van der Waals surface area contributed by atoms with Gasteiger partial charge in [0.25, 0.3) is 0 Å². The Morgan fingerprint density at radius 2 is 2.40 bits per heavy atom. The molecule has 0 aliphatic heterocycles. The van der Waals surface area contributed by atoms with Crippen LogP contribution >= 0.6 is 11.3 Å². The van der Waals surface area contributed by atoms with Crippen molar-refractivity contribution in [3.63, 3.8) is 0 Å². The highest BCUT2D eigenvalue weighted by atomic mass is 32.1. The summed E-state index contributed by atoms with van der Waals surface area (Å²) in [6.45, 7) is 4.23. The van der Waals surface area contributed by atoms with Gasteiger partial charge < -0.3 is 5.11 Å². The SMILES string of the molecule is CC(C)c1cc2n[nH]c(CC(=O)O)c2s1. The van der Waals surface area contributed by atoms with E-state index in [0.717, 1.165) is 10.2 Å². The lowest BCUT2D eigenvalue weighted by molar-refractivity contribution is -0.136. The molecule has 5 heteroatoms. The van der Waals surface area contributed by atoms with Gasteiger partial charge in [0, 0.05) is 4.88 Å². The van der Waals surface area contributed by atoms with Gasteiger partial charge in [-0.1, -0.05) is 13.8 Å². The predicted molar refractivity (Wildman–Crippen MR) is 59.4 cm³/mol. The number of aromatic amines is 1. The monoisotopic (exact) mass is 224 g/mol. The van der Waals surface area contributed by atoms with Crippen LogP contribution in [0.1, 0.15) is 30.3 Å². The quantitative estimate of drug-likeness (QED) is 0.841. The highest BCUT2D eigenvalue weighted by Gasteiger charge is 2.13. The average Bonchev–Trinajstić information content (AvgIpc) is 2.66. The average molecular weight is 224 g/mol. The van der Waals surface area contributed by atoms with Gasteiger partial charge in [-0.15, -0.1) is 11.3 Å². The van der Waals surface area contributed by atoms with E-state index in [1.54, 1.807) is 11.3 Å². The van der Waals surface area contributed by atoms with E-state index in [9.17, 15) is 4.79 Å². The van der Waals surface area contributed by atoms with Gasteiger partial charge in [0.2, 0.25) is 0 Å². The molecule has 0 amide bonds. The van der Waals surface area contributed by atoms with Crippen LogP contribution < -0.4 is 0 Å². The zero-order chi connectivity index (χ0) is 11.0. The van der Waals surface area contributed by atoms with Gasteiger partial charge in [-0.25, -0.2) is 0 Å². The van der Waals surface area contributed by atoms with E-state index in [4.69, 9.17) is 5.11 Å². The minimum atomic E-state index is -0.833.